The van der Waals surface area contributed by atoms with Crippen molar-refractivity contribution in [1.82, 2.24) is 24.6 Å². The molecule has 14 heteroatoms. The number of aryl methyl sites for hydroxylation is 6. The highest BCUT2D eigenvalue weighted by molar-refractivity contribution is 6.11. The van der Waals surface area contributed by atoms with Crippen LogP contribution < -0.4 is 29.4 Å². The molecule has 0 saturated carbocycles. The van der Waals surface area contributed by atoms with Crippen molar-refractivity contribution in [2.45, 2.75) is 61.4 Å². The van der Waals surface area contributed by atoms with Gasteiger partial charge in [-0.15, -0.1) is 0 Å². The maximum Gasteiger partial charge on any atom is 0.227 e. The molecule has 5 aliphatic rings. The Bertz CT molecular complexity index is 4840. The number of benzene rings is 8. The van der Waals surface area contributed by atoms with E-state index in [0.29, 0.717) is 11.8 Å². The first-order valence-electron chi connectivity index (χ1n) is 32.0. The molecule has 0 aliphatic carbocycles. The van der Waals surface area contributed by atoms with Gasteiger partial charge in [-0.05, 0) is 132 Å². The van der Waals surface area contributed by atoms with Gasteiger partial charge in [0.25, 0.3) is 0 Å². The third kappa shape index (κ3) is 12.2. The second-order valence-electron chi connectivity index (χ2n) is 25.3. The van der Waals surface area contributed by atoms with E-state index in [1.807, 2.05) is 37.3 Å². The van der Waals surface area contributed by atoms with E-state index in [1.54, 1.807) is 0 Å². The lowest BCUT2D eigenvalue weighted by Crippen LogP contribution is -2.30. The van der Waals surface area contributed by atoms with Crippen LogP contribution in [0.25, 0.3) is 65.9 Å². The molecular formula is C79H83N11O3. The number of furan rings is 3. The van der Waals surface area contributed by atoms with E-state index in [4.69, 9.17) is 13.3 Å². The van der Waals surface area contributed by atoms with Crippen molar-refractivity contribution in [3.8, 4) is 0 Å². The number of hydrogen-bond acceptors (Lipinski definition) is 14. The standard InChI is InChI=1S/C19H20N2O.C17H17N3O.C17H16N2O.C15H16N2.C11H14N2/c1-13(2)20-10-11-21(12-20)18-14(3)8-9-16-15-6-4-5-7-17(15)22-19(16)18;1-11-4-6-13-14-7-5-12(2)18-17(14)21-16(13)15(11)20-9-8-19(3)10-20;1-12-7-8-14-13-5-3-4-6-15(13)20-17(14)16(12)19-10-9-18(2)11-19;1-12-7-3-4-8-13(12)17-11-16(2)14-9-5-6-10-15(14)17;1-10-5-3-4-6-11(10)13-8-7-12(2)9-13/h4-11,13H,12H2,1-3H3;4-9H,10H2,1-3H3;3-10H,11H2,1-2H3;3-10H,11H2,1-2H3;3-8H,9H2,1-2H3. The summed E-state index contributed by atoms with van der Waals surface area (Å²) in [7, 11) is 8.35. The number of rotatable bonds is 6. The zero-order chi connectivity index (χ0) is 64.6. The Hall–Kier alpha value is -10.7. The molecule has 93 heavy (non-hydrogen) atoms. The van der Waals surface area contributed by atoms with Gasteiger partial charge in [-0.25, -0.2) is 4.98 Å². The minimum Gasteiger partial charge on any atom is -0.454 e. The van der Waals surface area contributed by atoms with Gasteiger partial charge in [-0.2, -0.15) is 0 Å². The number of nitrogens with zero attached hydrogens (tertiary/aromatic N) is 11. The fourth-order valence-electron chi connectivity index (χ4n) is 13.0. The molecule has 0 amide bonds. The maximum atomic E-state index is 6.18. The van der Waals surface area contributed by atoms with Crippen LogP contribution >= 0.6 is 0 Å². The number of aromatic nitrogens is 1. The molecule has 0 atom stereocenters. The van der Waals surface area contributed by atoms with Crippen LogP contribution in [0, 0.1) is 41.5 Å². The average Bonchev–Trinajstić information content (AvgIpc) is 1.65. The molecule has 14 nitrogen and oxygen atoms in total. The lowest BCUT2D eigenvalue weighted by molar-refractivity contribution is 0.336. The summed E-state index contributed by atoms with van der Waals surface area (Å²) in [5.74, 6) is 0. The molecule has 0 bridgehead atoms. The first-order chi connectivity index (χ1) is 45.1. The topological polar surface area (TPSA) is 84.7 Å². The van der Waals surface area contributed by atoms with Crippen molar-refractivity contribution in [2.24, 2.45) is 0 Å². The monoisotopic (exact) mass is 1230 g/mol. The first-order valence-corrected chi connectivity index (χ1v) is 32.0. The zero-order valence-corrected chi connectivity index (χ0v) is 55.5. The summed E-state index contributed by atoms with van der Waals surface area (Å²) < 4.78 is 18.4. The van der Waals surface area contributed by atoms with Crippen LogP contribution in [0.5, 0.6) is 0 Å². The molecule has 8 aromatic carbocycles. The molecule has 0 radical (unpaired) electrons. The van der Waals surface area contributed by atoms with E-state index in [2.05, 4.69) is 320 Å². The summed E-state index contributed by atoms with van der Waals surface area (Å²) in [4.78, 5) is 26.9. The molecule has 4 aromatic heterocycles. The Morgan fingerprint density at radius 3 is 1.23 bits per heavy atom. The van der Waals surface area contributed by atoms with Gasteiger partial charge in [-0.1, -0.05) is 121 Å². The molecule has 5 aliphatic heterocycles. The lowest BCUT2D eigenvalue weighted by Gasteiger charge is -2.25. The maximum absolute atomic E-state index is 6.18. The molecule has 0 N–H and O–H groups in total. The normalized spacial score (nSPS) is 14.8. The van der Waals surface area contributed by atoms with E-state index in [-0.39, 0.29) is 0 Å². The molecule has 0 unspecified atom stereocenters. The third-order valence-electron chi connectivity index (χ3n) is 17.9. The molecule has 0 saturated heterocycles. The Morgan fingerprint density at radius 1 is 0.333 bits per heavy atom. The lowest BCUT2D eigenvalue weighted by atomic mass is 10.1. The fraction of sp³-hybridized carbons (Fsp3) is 0.228. The largest absolute Gasteiger partial charge is 0.454 e. The minimum atomic E-state index is 0.497. The van der Waals surface area contributed by atoms with Crippen LogP contribution in [0.1, 0.15) is 47.4 Å². The smallest absolute Gasteiger partial charge is 0.227 e. The second kappa shape index (κ2) is 25.9. The van der Waals surface area contributed by atoms with Crippen molar-refractivity contribution >= 4 is 106 Å². The average molecular weight is 1230 g/mol. The van der Waals surface area contributed by atoms with Crippen LogP contribution in [-0.4, -0.2) is 92.2 Å². The van der Waals surface area contributed by atoms with E-state index in [1.165, 1.54) is 83.5 Å². The summed E-state index contributed by atoms with van der Waals surface area (Å²) in [6, 6.07) is 59.6. The summed E-state index contributed by atoms with van der Waals surface area (Å²) in [6.07, 6.45) is 16.9. The van der Waals surface area contributed by atoms with Crippen molar-refractivity contribution in [2.75, 3.05) is 90.9 Å². The Kier molecular flexibility index (Phi) is 17.0. The quantitative estimate of drug-likeness (QED) is 0.158. The predicted molar refractivity (Wildman–Crippen MR) is 388 cm³/mol. The van der Waals surface area contributed by atoms with E-state index in [9.17, 15) is 0 Å². The highest BCUT2D eigenvalue weighted by Gasteiger charge is 2.27. The van der Waals surface area contributed by atoms with Gasteiger partial charge >= 0.3 is 0 Å². The van der Waals surface area contributed by atoms with Crippen LogP contribution in [-0.2, 0) is 0 Å². The summed E-state index contributed by atoms with van der Waals surface area (Å²) in [5.41, 5.74) is 21.4. The van der Waals surface area contributed by atoms with Gasteiger partial charge in [-0.3, -0.25) is 0 Å². The number of anilines is 7. The van der Waals surface area contributed by atoms with Crippen LogP contribution in [0.4, 0.5) is 39.8 Å². The fourth-order valence-corrected chi connectivity index (χ4v) is 13.0. The number of pyridine rings is 1. The van der Waals surface area contributed by atoms with Gasteiger partial charge in [0.15, 0.2) is 16.7 Å². The van der Waals surface area contributed by atoms with Crippen molar-refractivity contribution in [3.05, 3.63) is 253 Å². The summed E-state index contributed by atoms with van der Waals surface area (Å²) >= 11 is 0. The van der Waals surface area contributed by atoms with Gasteiger partial charge in [0.05, 0.1) is 61.8 Å². The van der Waals surface area contributed by atoms with Gasteiger partial charge in [0, 0.05) is 133 Å². The van der Waals surface area contributed by atoms with Crippen molar-refractivity contribution < 1.29 is 13.3 Å². The van der Waals surface area contributed by atoms with Crippen LogP contribution in [0.15, 0.2) is 233 Å². The van der Waals surface area contributed by atoms with Gasteiger partial charge in [0.2, 0.25) is 5.71 Å². The highest BCUT2D eigenvalue weighted by Crippen LogP contribution is 2.43. The SMILES string of the molecule is Cc1ccc2c(n1)oc1c(N3C=CN(C)C3)c(C)ccc12.Cc1ccc2c(oc3ccccc32)c1N1C=CN(C(C)C)C1.Cc1ccc2c(oc3ccccc32)c1N1C=CN(C)C1.Cc1ccccc1N1C=CN(C)C1.Cc1ccccc1N1CN(C)c2ccccc21. The Balaban J connectivity index is 0.000000107. The summed E-state index contributed by atoms with van der Waals surface area (Å²) in [6.45, 7) is 21.5. The second-order valence-corrected chi connectivity index (χ2v) is 25.3. The summed E-state index contributed by atoms with van der Waals surface area (Å²) in [5, 5.41) is 6.94. The van der Waals surface area contributed by atoms with Gasteiger partial charge < -0.3 is 62.3 Å². The van der Waals surface area contributed by atoms with Gasteiger partial charge in [0.1, 0.15) is 11.2 Å². The predicted octanol–water partition coefficient (Wildman–Crippen LogP) is 18.4. The Labute approximate surface area is 546 Å². The van der Waals surface area contributed by atoms with Crippen LogP contribution in [0.2, 0.25) is 0 Å². The highest BCUT2D eigenvalue weighted by atomic mass is 16.3. The first kappa shape index (κ1) is 61.1. The van der Waals surface area contributed by atoms with E-state index >= 15 is 0 Å². The minimum absolute atomic E-state index is 0.497. The molecule has 0 fully saturated rings. The zero-order valence-electron chi connectivity index (χ0n) is 55.5. The number of hydrogen-bond donors (Lipinski definition) is 0. The number of para-hydroxylation sites is 6. The third-order valence-corrected chi connectivity index (χ3v) is 17.9. The molecular weight excluding hydrogens is 1150 g/mol. The van der Waals surface area contributed by atoms with Crippen molar-refractivity contribution in [1.29, 1.82) is 0 Å². The molecule has 472 valence electrons. The number of fused-ring (bicyclic) bond motifs is 10. The molecule has 17 rings (SSSR count). The molecule has 9 heterocycles. The molecule has 0 spiro atoms. The van der Waals surface area contributed by atoms with E-state index in [0.717, 1.165) is 83.4 Å². The Morgan fingerprint density at radius 2 is 0.742 bits per heavy atom. The van der Waals surface area contributed by atoms with Crippen LogP contribution in [0.3, 0.4) is 0 Å². The van der Waals surface area contributed by atoms with E-state index < -0.39 is 0 Å². The van der Waals surface area contributed by atoms with Crippen molar-refractivity contribution in [3.63, 3.8) is 0 Å². The molecule has 12 aromatic rings.